The van der Waals surface area contributed by atoms with Gasteiger partial charge in [0.05, 0.1) is 0 Å². The van der Waals surface area contributed by atoms with Gasteiger partial charge in [0.25, 0.3) is 0 Å². The molecule has 1 aliphatic rings. The van der Waals surface area contributed by atoms with Gasteiger partial charge >= 0.3 is 0 Å². The Hall–Kier alpha value is -4.98. The lowest BCUT2D eigenvalue weighted by atomic mass is 9.89. The molecule has 0 saturated heterocycles. The molecule has 0 N–H and O–H groups in total. The lowest BCUT2D eigenvalue weighted by molar-refractivity contribution is 0.998. The molecule has 0 saturated carbocycles. The summed E-state index contributed by atoms with van der Waals surface area (Å²) in [5, 5.41) is 9.29. The van der Waals surface area contributed by atoms with E-state index in [4.69, 9.17) is 0 Å². The average molecular weight is 565 g/mol. The fraction of sp³-hybridized carbons (Fsp3) is 0.0476. The van der Waals surface area contributed by atoms with Crippen molar-refractivity contribution in [2.75, 3.05) is 0 Å². The van der Waals surface area contributed by atoms with Crippen LogP contribution < -0.4 is 0 Å². The molecule has 0 unspecified atom stereocenters. The first-order chi connectivity index (χ1) is 21.3. The monoisotopic (exact) mass is 564 g/mol. The highest BCUT2D eigenvalue weighted by atomic mass is 32.1. The van der Waals surface area contributed by atoms with Gasteiger partial charge in [0.1, 0.15) is 0 Å². The first-order valence-corrected chi connectivity index (χ1v) is 15.9. The standard InChI is InChI=1S/C42H28S/c1-2-16-35-33(14-1)34-15-3-4-17-36(34)40-26-30(22-23-37(35)40)28-11-7-10-27(24-28)29-12-8-13-31(25-29)32-19-9-20-39-38-18-5-6-21-41(38)43-42(32)39/h1-8,10-19,21-26H,9,20H2. The maximum atomic E-state index is 2.44. The Morgan fingerprint density at radius 2 is 0.907 bits per heavy atom. The topological polar surface area (TPSA) is 0 Å². The third-order valence-corrected chi connectivity index (χ3v) is 10.4. The predicted octanol–water partition coefficient (Wildman–Crippen LogP) is 12.1. The van der Waals surface area contributed by atoms with Crippen molar-refractivity contribution in [1.29, 1.82) is 0 Å². The molecule has 0 spiro atoms. The van der Waals surface area contributed by atoms with Crippen LogP contribution in [0.25, 0.3) is 70.2 Å². The van der Waals surface area contributed by atoms with Gasteiger partial charge in [-0.25, -0.2) is 0 Å². The van der Waals surface area contributed by atoms with E-state index in [1.807, 2.05) is 11.3 Å². The van der Waals surface area contributed by atoms with Crippen LogP contribution in [0.5, 0.6) is 0 Å². The largest absolute Gasteiger partial charge is 0.135 e. The molecule has 0 atom stereocenters. The van der Waals surface area contributed by atoms with Gasteiger partial charge in [-0.1, -0.05) is 121 Å². The molecular weight excluding hydrogens is 537 g/mol. The van der Waals surface area contributed by atoms with Crippen LogP contribution in [0.3, 0.4) is 0 Å². The van der Waals surface area contributed by atoms with Crippen LogP contribution in [0.1, 0.15) is 22.4 Å². The Morgan fingerprint density at radius 1 is 0.395 bits per heavy atom. The zero-order valence-corrected chi connectivity index (χ0v) is 24.5. The molecule has 0 bridgehead atoms. The maximum absolute atomic E-state index is 2.44. The average Bonchev–Trinajstić information content (AvgIpc) is 3.47. The Morgan fingerprint density at radius 3 is 1.58 bits per heavy atom. The molecule has 0 fully saturated rings. The Kier molecular flexibility index (Phi) is 5.61. The molecule has 0 amide bonds. The molecule has 202 valence electrons. The molecule has 0 nitrogen and oxygen atoms in total. The van der Waals surface area contributed by atoms with Crippen molar-refractivity contribution in [2.24, 2.45) is 0 Å². The molecule has 1 heterocycles. The number of aryl methyl sites for hydroxylation is 1. The van der Waals surface area contributed by atoms with E-state index in [1.165, 1.54) is 86.2 Å². The fourth-order valence-corrected chi connectivity index (χ4v) is 8.41. The van der Waals surface area contributed by atoms with Crippen molar-refractivity contribution in [2.45, 2.75) is 12.8 Å². The predicted molar refractivity (Wildman–Crippen MR) is 187 cm³/mol. The highest BCUT2D eigenvalue weighted by Crippen LogP contribution is 2.43. The third kappa shape index (κ3) is 3.96. The van der Waals surface area contributed by atoms with Gasteiger partial charge in [-0.15, -0.1) is 11.3 Å². The number of benzene rings is 7. The van der Waals surface area contributed by atoms with E-state index in [1.54, 1.807) is 0 Å². The van der Waals surface area contributed by atoms with Gasteiger partial charge < -0.3 is 0 Å². The van der Waals surface area contributed by atoms with Gasteiger partial charge in [0.15, 0.2) is 0 Å². The van der Waals surface area contributed by atoms with Gasteiger partial charge in [0.2, 0.25) is 0 Å². The lowest BCUT2D eigenvalue weighted by Crippen LogP contribution is -1.97. The van der Waals surface area contributed by atoms with Gasteiger partial charge in [0, 0.05) is 9.58 Å². The Balaban J connectivity index is 1.14. The summed E-state index contributed by atoms with van der Waals surface area (Å²) in [6.45, 7) is 0. The zero-order valence-electron chi connectivity index (χ0n) is 23.7. The van der Waals surface area contributed by atoms with Crippen molar-refractivity contribution in [3.63, 3.8) is 0 Å². The highest BCUT2D eigenvalue weighted by molar-refractivity contribution is 7.20. The molecule has 1 aliphatic carbocycles. The van der Waals surface area contributed by atoms with E-state index in [2.05, 4.69) is 146 Å². The highest BCUT2D eigenvalue weighted by Gasteiger charge is 2.20. The lowest BCUT2D eigenvalue weighted by Gasteiger charge is -2.16. The van der Waals surface area contributed by atoms with Crippen molar-refractivity contribution >= 4 is 59.3 Å². The second-order valence-corrected chi connectivity index (χ2v) is 12.6. The summed E-state index contributed by atoms with van der Waals surface area (Å²) in [6, 6.07) is 51.6. The summed E-state index contributed by atoms with van der Waals surface area (Å²) in [5.41, 5.74) is 9.19. The van der Waals surface area contributed by atoms with E-state index in [-0.39, 0.29) is 0 Å². The van der Waals surface area contributed by atoms with E-state index in [9.17, 15) is 0 Å². The van der Waals surface area contributed by atoms with Crippen LogP contribution >= 0.6 is 11.3 Å². The minimum absolute atomic E-state index is 1.09. The third-order valence-electron chi connectivity index (χ3n) is 9.13. The number of allylic oxidation sites excluding steroid dienone is 1. The summed E-state index contributed by atoms with van der Waals surface area (Å²) >= 11 is 1.94. The molecule has 9 rings (SSSR count). The van der Waals surface area contributed by atoms with Crippen LogP contribution in [0.2, 0.25) is 0 Å². The molecule has 7 aromatic carbocycles. The van der Waals surface area contributed by atoms with Crippen molar-refractivity contribution in [3.05, 3.63) is 162 Å². The quantitative estimate of drug-likeness (QED) is 0.187. The zero-order chi connectivity index (χ0) is 28.3. The van der Waals surface area contributed by atoms with Crippen LogP contribution in [-0.2, 0) is 6.42 Å². The summed E-state index contributed by atoms with van der Waals surface area (Å²) in [6.07, 6.45) is 4.66. The van der Waals surface area contributed by atoms with E-state index in [0.717, 1.165) is 12.8 Å². The Labute approximate surface area is 255 Å². The SMILES string of the molecule is C1=C(c2cccc(-c3cccc(-c4ccc5c6ccccc6c6ccccc6c5c4)c3)c2)c2sc3ccccc3c2CC1. The number of fused-ring (bicyclic) bond motifs is 9. The van der Waals surface area contributed by atoms with E-state index >= 15 is 0 Å². The van der Waals surface area contributed by atoms with Crippen molar-refractivity contribution in [1.82, 2.24) is 0 Å². The minimum Gasteiger partial charge on any atom is -0.135 e. The first-order valence-electron chi connectivity index (χ1n) is 15.1. The fourth-order valence-electron chi connectivity index (χ4n) is 7.10. The van der Waals surface area contributed by atoms with Crippen molar-refractivity contribution < 1.29 is 0 Å². The smallest absolute Gasteiger partial charge is 0.0390 e. The first kappa shape index (κ1) is 24.6. The molecule has 1 heteroatoms. The van der Waals surface area contributed by atoms with Crippen LogP contribution in [0.4, 0.5) is 0 Å². The minimum atomic E-state index is 1.09. The second kappa shape index (κ2) is 9.80. The summed E-state index contributed by atoms with van der Waals surface area (Å²) < 4.78 is 1.39. The second-order valence-electron chi connectivity index (χ2n) is 11.6. The molecule has 8 aromatic rings. The van der Waals surface area contributed by atoms with Crippen LogP contribution in [0, 0.1) is 0 Å². The maximum Gasteiger partial charge on any atom is 0.0390 e. The van der Waals surface area contributed by atoms with Gasteiger partial charge in [-0.3, -0.25) is 0 Å². The number of thiophene rings is 1. The van der Waals surface area contributed by atoms with Crippen molar-refractivity contribution in [3.8, 4) is 22.3 Å². The molecule has 0 radical (unpaired) electrons. The number of hydrogen-bond donors (Lipinski definition) is 0. The van der Waals surface area contributed by atoms with Gasteiger partial charge in [-0.05, 0) is 114 Å². The van der Waals surface area contributed by atoms with E-state index < -0.39 is 0 Å². The molecule has 0 aliphatic heterocycles. The normalized spacial score (nSPS) is 13.1. The summed E-state index contributed by atoms with van der Waals surface area (Å²) in [7, 11) is 0. The molecule has 43 heavy (non-hydrogen) atoms. The van der Waals surface area contributed by atoms with Crippen LogP contribution in [0.15, 0.2) is 146 Å². The summed E-state index contributed by atoms with van der Waals surface area (Å²) in [4.78, 5) is 1.44. The molecular formula is C42H28S. The van der Waals surface area contributed by atoms with E-state index in [0.29, 0.717) is 0 Å². The Bertz CT molecular complexity index is 2370. The number of rotatable bonds is 3. The molecule has 1 aromatic heterocycles. The van der Waals surface area contributed by atoms with Gasteiger partial charge in [-0.2, -0.15) is 0 Å². The number of hydrogen-bond acceptors (Lipinski definition) is 1. The summed E-state index contributed by atoms with van der Waals surface area (Å²) in [5.74, 6) is 0. The van der Waals surface area contributed by atoms with Crippen LogP contribution in [-0.4, -0.2) is 0 Å².